The molecule has 0 saturated carbocycles. The van der Waals surface area contributed by atoms with Gasteiger partial charge >= 0.3 is 5.97 Å². The van der Waals surface area contributed by atoms with Crippen molar-refractivity contribution in [3.8, 4) is 0 Å². The van der Waals surface area contributed by atoms with Crippen LogP contribution >= 0.6 is 11.3 Å². The number of carboxylic acid groups (broad SMARTS) is 1. The van der Waals surface area contributed by atoms with E-state index in [0.717, 1.165) is 30.3 Å². The number of carbonyl (C=O) groups is 2. The SMILES string of the molecule is COC1(C)CCCN(C(=O)c2csc(/C=C/C(=O)O)c2)C1. The first-order chi connectivity index (χ1) is 9.93. The van der Waals surface area contributed by atoms with E-state index in [0.29, 0.717) is 12.1 Å². The molecule has 21 heavy (non-hydrogen) atoms. The Hall–Kier alpha value is -1.66. The number of thiophene rings is 1. The number of hydrogen-bond acceptors (Lipinski definition) is 4. The predicted molar refractivity (Wildman–Crippen MR) is 81.5 cm³/mol. The molecule has 114 valence electrons. The van der Waals surface area contributed by atoms with Gasteiger partial charge in [0, 0.05) is 36.5 Å². The Bertz CT molecular complexity index is 566. The maximum absolute atomic E-state index is 12.5. The number of aliphatic carboxylic acids is 1. The summed E-state index contributed by atoms with van der Waals surface area (Å²) in [5, 5.41) is 10.4. The van der Waals surface area contributed by atoms with E-state index in [1.165, 1.54) is 17.4 Å². The first-order valence-electron chi connectivity index (χ1n) is 6.77. The molecule has 1 aliphatic rings. The lowest BCUT2D eigenvalue weighted by atomic mass is 9.94. The van der Waals surface area contributed by atoms with Crippen molar-refractivity contribution in [2.75, 3.05) is 20.2 Å². The minimum atomic E-state index is -0.997. The average molecular weight is 309 g/mol. The van der Waals surface area contributed by atoms with E-state index in [9.17, 15) is 9.59 Å². The van der Waals surface area contributed by atoms with Crippen molar-refractivity contribution in [3.05, 3.63) is 28.0 Å². The Labute approximate surface area is 127 Å². The fourth-order valence-corrected chi connectivity index (χ4v) is 3.21. The summed E-state index contributed by atoms with van der Waals surface area (Å²) in [5.41, 5.74) is 0.320. The number of ether oxygens (including phenoxy) is 1. The molecule has 1 unspecified atom stereocenters. The summed E-state index contributed by atoms with van der Waals surface area (Å²) < 4.78 is 5.50. The van der Waals surface area contributed by atoms with E-state index in [-0.39, 0.29) is 11.5 Å². The second-order valence-electron chi connectivity index (χ2n) is 5.39. The first kappa shape index (κ1) is 15.7. The molecule has 2 rings (SSSR count). The number of rotatable bonds is 4. The Balaban J connectivity index is 2.08. The maximum atomic E-state index is 12.5. The Morgan fingerprint density at radius 1 is 1.52 bits per heavy atom. The van der Waals surface area contributed by atoms with Crippen molar-refractivity contribution in [2.45, 2.75) is 25.4 Å². The summed E-state index contributed by atoms with van der Waals surface area (Å²) >= 11 is 1.36. The zero-order chi connectivity index (χ0) is 15.5. The normalized spacial score (nSPS) is 22.7. The molecule has 5 nitrogen and oxygen atoms in total. The monoisotopic (exact) mass is 309 g/mol. The van der Waals surface area contributed by atoms with Gasteiger partial charge in [-0.1, -0.05) is 0 Å². The molecule has 1 atom stereocenters. The summed E-state index contributed by atoms with van der Waals surface area (Å²) in [6.45, 7) is 3.33. The predicted octanol–water partition coefficient (Wildman–Crippen LogP) is 2.49. The fourth-order valence-electron chi connectivity index (χ4n) is 2.43. The zero-order valence-electron chi connectivity index (χ0n) is 12.2. The maximum Gasteiger partial charge on any atom is 0.328 e. The largest absolute Gasteiger partial charge is 0.478 e. The highest BCUT2D eigenvalue weighted by Gasteiger charge is 2.33. The molecule has 1 fully saturated rings. The zero-order valence-corrected chi connectivity index (χ0v) is 13.0. The van der Waals surface area contributed by atoms with Gasteiger partial charge in [-0.2, -0.15) is 0 Å². The van der Waals surface area contributed by atoms with Crippen LogP contribution in [0.5, 0.6) is 0 Å². The van der Waals surface area contributed by atoms with Crippen LogP contribution in [0.2, 0.25) is 0 Å². The second-order valence-corrected chi connectivity index (χ2v) is 6.34. The van der Waals surface area contributed by atoms with Crippen molar-refractivity contribution < 1.29 is 19.4 Å². The molecule has 1 aromatic heterocycles. The molecule has 0 aliphatic carbocycles. The van der Waals surface area contributed by atoms with Gasteiger partial charge in [-0.15, -0.1) is 11.3 Å². The van der Waals surface area contributed by atoms with Crippen LogP contribution < -0.4 is 0 Å². The van der Waals surface area contributed by atoms with Gasteiger partial charge in [-0.25, -0.2) is 4.79 Å². The van der Waals surface area contributed by atoms with Crippen LogP contribution in [0, 0.1) is 0 Å². The molecular weight excluding hydrogens is 290 g/mol. The third-order valence-corrected chi connectivity index (χ3v) is 4.59. The van der Waals surface area contributed by atoms with Crippen LogP contribution in [-0.2, 0) is 9.53 Å². The minimum Gasteiger partial charge on any atom is -0.478 e. The van der Waals surface area contributed by atoms with Gasteiger partial charge in [0.15, 0.2) is 0 Å². The van der Waals surface area contributed by atoms with Crippen LogP contribution in [0.1, 0.15) is 35.0 Å². The van der Waals surface area contributed by atoms with Crippen molar-refractivity contribution in [1.29, 1.82) is 0 Å². The number of amides is 1. The van der Waals surface area contributed by atoms with Crippen LogP contribution in [0.25, 0.3) is 6.08 Å². The van der Waals surface area contributed by atoms with Gasteiger partial charge in [-0.05, 0) is 31.9 Å². The molecule has 1 aliphatic heterocycles. The third kappa shape index (κ3) is 3.92. The third-order valence-electron chi connectivity index (χ3n) is 3.70. The molecule has 1 amide bonds. The van der Waals surface area contributed by atoms with Gasteiger partial charge in [0.25, 0.3) is 5.91 Å². The molecule has 1 N–H and O–H groups in total. The van der Waals surface area contributed by atoms with E-state index < -0.39 is 5.97 Å². The summed E-state index contributed by atoms with van der Waals surface area (Å²) in [6, 6.07) is 1.73. The van der Waals surface area contributed by atoms with Gasteiger partial charge in [0.2, 0.25) is 0 Å². The van der Waals surface area contributed by atoms with Crippen molar-refractivity contribution >= 4 is 29.3 Å². The smallest absolute Gasteiger partial charge is 0.328 e. The van der Waals surface area contributed by atoms with Crippen LogP contribution in [0.4, 0.5) is 0 Å². The highest BCUT2D eigenvalue weighted by Crippen LogP contribution is 2.26. The Kier molecular flexibility index (Phi) is 4.80. The van der Waals surface area contributed by atoms with E-state index in [1.807, 2.05) is 6.92 Å². The van der Waals surface area contributed by atoms with Crippen molar-refractivity contribution in [2.24, 2.45) is 0 Å². The molecule has 0 radical (unpaired) electrons. The fraction of sp³-hybridized carbons (Fsp3) is 0.467. The topological polar surface area (TPSA) is 66.8 Å². The Morgan fingerprint density at radius 3 is 2.95 bits per heavy atom. The molecule has 0 aromatic carbocycles. The number of hydrogen-bond donors (Lipinski definition) is 1. The number of nitrogens with zero attached hydrogens (tertiary/aromatic N) is 1. The number of likely N-dealkylation sites (tertiary alicyclic amines) is 1. The highest BCUT2D eigenvalue weighted by molar-refractivity contribution is 7.11. The number of piperidine rings is 1. The molecule has 0 spiro atoms. The minimum absolute atomic E-state index is 0.0239. The summed E-state index contributed by atoms with van der Waals surface area (Å²) in [4.78, 5) is 25.5. The molecule has 2 heterocycles. The van der Waals surface area contributed by atoms with Gasteiger partial charge in [0.05, 0.1) is 11.2 Å². The first-order valence-corrected chi connectivity index (χ1v) is 7.65. The summed E-state index contributed by atoms with van der Waals surface area (Å²) in [6.07, 6.45) is 4.44. The van der Waals surface area contributed by atoms with Crippen LogP contribution in [0.15, 0.2) is 17.5 Å². The lowest BCUT2D eigenvalue weighted by Gasteiger charge is -2.39. The molecule has 1 aromatic rings. The summed E-state index contributed by atoms with van der Waals surface area (Å²) in [7, 11) is 1.67. The molecule has 0 bridgehead atoms. The van der Waals surface area contributed by atoms with Gasteiger partial charge < -0.3 is 14.7 Å². The van der Waals surface area contributed by atoms with E-state index in [2.05, 4.69) is 0 Å². The van der Waals surface area contributed by atoms with Gasteiger partial charge in [-0.3, -0.25) is 4.79 Å². The molecule has 1 saturated heterocycles. The lowest BCUT2D eigenvalue weighted by Crippen LogP contribution is -2.49. The number of carboxylic acids is 1. The van der Waals surface area contributed by atoms with Crippen molar-refractivity contribution in [3.63, 3.8) is 0 Å². The molecule has 6 heteroatoms. The second kappa shape index (κ2) is 6.41. The van der Waals surface area contributed by atoms with Gasteiger partial charge in [0.1, 0.15) is 0 Å². The average Bonchev–Trinajstić information content (AvgIpc) is 2.93. The van der Waals surface area contributed by atoms with Crippen LogP contribution in [-0.4, -0.2) is 47.7 Å². The van der Waals surface area contributed by atoms with Crippen LogP contribution in [0.3, 0.4) is 0 Å². The number of methoxy groups -OCH3 is 1. The van der Waals surface area contributed by atoms with Crippen molar-refractivity contribution in [1.82, 2.24) is 4.90 Å². The van der Waals surface area contributed by atoms with E-state index in [4.69, 9.17) is 9.84 Å². The highest BCUT2D eigenvalue weighted by atomic mass is 32.1. The molecular formula is C15H19NO4S. The van der Waals surface area contributed by atoms with E-state index >= 15 is 0 Å². The summed E-state index contributed by atoms with van der Waals surface area (Å²) in [5.74, 6) is -1.02. The van der Waals surface area contributed by atoms with E-state index in [1.54, 1.807) is 23.5 Å². The Morgan fingerprint density at radius 2 is 2.29 bits per heavy atom. The number of carbonyl (C=O) groups excluding carboxylic acids is 1. The quantitative estimate of drug-likeness (QED) is 0.868. The standard InChI is InChI=1S/C15H19NO4S/c1-15(20-2)6-3-7-16(10-15)14(19)11-8-12(21-9-11)4-5-13(17)18/h4-5,8-9H,3,6-7,10H2,1-2H3,(H,17,18)/b5-4+. The lowest BCUT2D eigenvalue weighted by molar-refractivity contribution is -0.131.